The Kier molecular flexibility index (Phi) is 1.76. The zero-order chi connectivity index (χ0) is 8.43. The number of nitroso groups, excluding NO2 is 1. The van der Waals surface area contributed by atoms with Crippen LogP contribution in [0.3, 0.4) is 0 Å². The summed E-state index contributed by atoms with van der Waals surface area (Å²) < 4.78 is 0.481. The summed E-state index contributed by atoms with van der Waals surface area (Å²) in [6, 6.07) is 3.77. The Balaban J connectivity index is 3.23. The van der Waals surface area contributed by atoms with E-state index >= 15 is 0 Å². The molecule has 2 N–H and O–H groups in total. The van der Waals surface area contributed by atoms with Crippen molar-refractivity contribution in [1.82, 2.24) is 0 Å². The quantitative estimate of drug-likeness (QED) is 0.471. The van der Waals surface area contributed by atoms with Crippen LogP contribution in [0, 0.1) is 4.91 Å². The zero-order valence-corrected chi connectivity index (χ0v) is 5.98. The second-order valence-electron chi connectivity index (χ2n) is 2.17. The Morgan fingerprint density at radius 2 is 2.00 bits per heavy atom. The van der Waals surface area contributed by atoms with Crippen molar-refractivity contribution in [3.8, 4) is 11.5 Å². The van der Waals surface area contributed by atoms with Crippen molar-refractivity contribution in [1.29, 1.82) is 0 Å². The molecule has 0 heterocycles. The fourth-order valence-corrected chi connectivity index (χ4v) is 0.764. The standard InChI is InChI=1S/C7H7NO3/c1-8(11)6-4-5(9)2-3-7(6)10/h2-4H,1H3,(H-,9,10,11)/p+1. The van der Waals surface area contributed by atoms with Crippen LogP contribution >= 0.6 is 0 Å². The molecule has 4 nitrogen and oxygen atoms in total. The molecular weight excluding hydrogens is 146 g/mol. The van der Waals surface area contributed by atoms with Gasteiger partial charge < -0.3 is 10.2 Å². The Bertz CT molecular complexity index is 296. The van der Waals surface area contributed by atoms with Crippen LogP contribution in [0.25, 0.3) is 0 Å². The third-order valence-electron chi connectivity index (χ3n) is 1.30. The molecule has 0 saturated carbocycles. The normalized spacial score (nSPS) is 9.55. The number of phenols is 2. The van der Waals surface area contributed by atoms with Gasteiger partial charge >= 0.3 is 5.69 Å². The Labute approximate surface area is 63.3 Å². The summed E-state index contributed by atoms with van der Waals surface area (Å²) >= 11 is 0. The minimum Gasteiger partial charge on any atom is -0.508 e. The van der Waals surface area contributed by atoms with Crippen molar-refractivity contribution in [3.05, 3.63) is 23.1 Å². The van der Waals surface area contributed by atoms with E-state index < -0.39 is 0 Å². The first-order valence-electron chi connectivity index (χ1n) is 3.04. The molecule has 1 aromatic carbocycles. The number of nitrogens with zero attached hydrogens (tertiary/aromatic N) is 1. The summed E-state index contributed by atoms with van der Waals surface area (Å²) in [6.07, 6.45) is 0. The fraction of sp³-hybridized carbons (Fsp3) is 0.143. The van der Waals surface area contributed by atoms with Crippen molar-refractivity contribution in [2.24, 2.45) is 0 Å². The van der Waals surface area contributed by atoms with Gasteiger partial charge in [-0.25, -0.2) is 0 Å². The second kappa shape index (κ2) is 2.57. The van der Waals surface area contributed by atoms with Gasteiger partial charge in [0.05, 0.1) is 6.07 Å². The Hall–Kier alpha value is -1.58. The molecule has 0 aromatic heterocycles. The minimum absolute atomic E-state index is 0.0412. The van der Waals surface area contributed by atoms with Gasteiger partial charge in [-0.3, -0.25) is 0 Å². The lowest BCUT2D eigenvalue weighted by Gasteiger charge is -1.93. The lowest BCUT2D eigenvalue weighted by molar-refractivity contribution is -0.429. The minimum atomic E-state index is -0.139. The molecule has 4 heteroatoms. The first kappa shape index (κ1) is 7.53. The van der Waals surface area contributed by atoms with Crippen molar-refractivity contribution in [2.75, 3.05) is 7.05 Å². The summed E-state index contributed by atoms with van der Waals surface area (Å²) in [5.41, 5.74) is 0.0602. The van der Waals surface area contributed by atoms with Gasteiger partial charge in [0, 0.05) is 9.67 Å². The van der Waals surface area contributed by atoms with Gasteiger partial charge in [0.15, 0.2) is 12.8 Å². The number of aromatic hydroxyl groups is 2. The smallest absolute Gasteiger partial charge is 0.300 e. The van der Waals surface area contributed by atoms with Crippen LogP contribution in [-0.4, -0.2) is 22.0 Å². The van der Waals surface area contributed by atoms with Crippen LogP contribution < -0.4 is 0 Å². The largest absolute Gasteiger partial charge is 0.508 e. The predicted octanol–water partition coefficient (Wildman–Crippen LogP) is 1.14. The van der Waals surface area contributed by atoms with E-state index in [1.165, 1.54) is 25.2 Å². The molecule has 0 saturated heterocycles. The van der Waals surface area contributed by atoms with Crippen molar-refractivity contribution in [2.45, 2.75) is 0 Å². The third kappa shape index (κ3) is 1.46. The van der Waals surface area contributed by atoms with Gasteiger partial charge in [0.25, 0.3) is 0 Å². The van der Waals surface area contributed by atoms with Crippen molar-refractivity contribution >= 4 is 5.69 Å². The molecule has 0 spiro atoms. The monoisotopic (exact) mass is 154 g/mol. The number of hydrogen-bond donors (Lipinski definition) is 2. The van der Waals surface area contributed by atoms with Crippen LogP contribution in [0.1, 0.15) is 0 Å². The maximum Gasteiger partial charge on any atom is 0.300 e. The molecule has 1 rings (SSSR count). The van der Waals surface area contributed by atoms with Gasteiger partial charge in [0.2, 0.25) is 0 Å². The molecule has 0 atom stereocenters. The van der Waals surface area contributed by atoms with Crippen LogP contribution in [0.5, 0.6) is 11.5 Å². The number of hydrogen-bond acceptors (Lipinski definition) is 3. The molecule has 0 aliphatic rings. The molecule has 0 bridgehead atoms. The molecule has 0 fully saturated rings. The SMILES string of the molecule is C[N+](=O)c1cc(O)ccc1O. The van der Waals surface area contributed by atoms with Crippen molar-refractivity contribution < 1.29 is 15.0 Å². The lowest BCUT2D eigenvalue weighted by Crippen LogP contribution is -1.90. The molecule has 0 aliphatic carbocycles. The van der Waals surface area contributed by atoms with E-state index in [0.29, 0.717) is 4.76 Å². The highest BCUT2D eigenvalue weighted by Gasteiger charge is 2.13. The summed E-state index contributed by atoms with van der Waals surface area (Å²) in [5.74, 6) is -0.180. The highest BCUT2D eigenvalue weighted by molar-refractivity contribution is 5.49. The van der Waals surface area contributed by atoms with Crippen molar-refractivity contribution in [3.63, 3.8) is 0 Å². The molecular formula is C7H8NO3+. The van der Waals surface area contributed by atoms with E-state index in [0.717, 1.165) is 0 Å². The highest BCUT2D eigenvalue weighted by Crippen LogP contribution is 2.28. The van der Waals surface area contributed by atoms with Crippen LogP contribution in [0.4, 0.5) is 5.69 Å². The van der Waals surface area contributed by atoms with Gasteiger partial charge in [-0.2, -0.15) is 0 Å². The molecule has 58 valence electrons. The first-order valence-corrected chi connectivity index (χ1v) is 3.04. The van der Waals surface area contributed by atoms with Crippen LogP contribution in [0.15, 0.2) is 18.2 Å². The lowest BCUT2D eigenvalue weighted by atomic mass is 10.3. The van der Waals surface area contributed by atoms with E-state index in [2.05, 4.69) is 0 Å². The molecule has 0 aliphatic heterocycles. The average molecular weight is 154 g/mol. The van der Waals surface area contributed by atoms with Gasteiger partial charge in [-0.1, -0.05) is 0 Å². The summed E-state index contributed by atoms with van der Waals surface area (Å²) in [4.78, 5) is 10.7. The summed E-state index contributed by atoms with van der Waals surface area (Å²) in [5, 5.41) is 18.0. The van der Waals surface area contributed by atoms with E-state index in [9.17, 15) is 4.91 Å². The molecule has 1 aromatic rings. The molecule has 0 unspecified atom stereocenters. The van der Waals surface area contributed by atoms with Gasteiger partial charge in [-0.05, 0) is 12.1 Å². The van der Waals surface area contributed by atoms with E-state index in [1.807, 2.05) is 0 Å². The predicted molar refractivity (Wildman–Crippen MR) is 39.0 cm³/mol. The van der Waals surface area contributed by atoms with E-state index in [1.54, 1.807) is 0 Å². The van der Waals surface area contributed by atoms with Gasteiger partial charge in [0.1, 0.15) is 5.75 Å². The topological polar surface area (TPSA) is 60.5 Å². The zero-order valence-electron chi connectivity index (χ0n) is 5.98. The average Bonchev–Trinajstić information content (AvgIpc) is 1.94. The number of benzene rings is 1. The summed E-state index contributed by atoms with van der Waals surface area (Å²) in [7, 11) is 1.24. The fourth-order valence-electron chi connectivity index (χ4n) is 0.764. The Morgan fingerprint density at radius 1 is 1.36 bits per heavy atom. The van der Waals surface area contributed by atoms with Crippen LogP contribution in [0.2, 0.25) is 0 Å². The van der Waals surface area contributed by atoms with Gasteiger partial charge in [-0.15, -0.1) is 0 Å². The third-order valence-corrected chi connectivity index (χ3v) is 1.30. The first-order chi connectivity index (χ1) is 5.11. The number of rotatable bonds is 1. The number of phenolic OH excluding ortho intramolecular Hbond substituents is 2. The van der Waals surface area contributed by atoms with Crippen LogP contribution in [-0.2, 0) is 0 Å². The maximum absolute atomic E-state index is 10.7. The molecule has 0 amide bonds. The Morgan fingerprint density at radius 3 is 2.45 bits per heavy atom. The second-order valence-corrected chi connectivity index (χ2v) is 2.17. The molecule has 11 heavy (non-hydrogen) atoms. The van der Waals surface area contributed by atoms with E-state index in [4.69, 9.17) is 10.2 Å². The highest BCUT2D eigenvalue weighted by atomic mass is 16.3. The van der Waals surface area contributed by atoms with E-state index in [-0.39, 0.29) is 17.2 Å². The summed E-state index contributed by atoms with van der Waals surface area (Å²) in [6.45, 7) is 0. The maximum atomic E-state index is 10.7. The molecule has 0 radical (unpaired) electrons.